The van der Waals surface area contributed by atoms with Crippen molar-refractivity contribution in [3.8, 4) is 0 Å². The summed E-state index contributed by atoms with van der Waals surface area (Å²) >= 11 is 8.63. The molecule has 2 aliphatic heterocycles. The summed E-state index contributed by atoms with van der Waals surface area (Å²) in [5.41, 5.74) is -0.444. The van der Waals surface area contributed by atoms with Crippen LogP contribution in [0.15, 0.2) is 21.8 Å². The Labute approximate surface area is 209 Å². The van der Waals surface area contributed by atoms with E-state index in [1.165, 1.54) is 44.1 Å². The third kappa shape index (κ3) is 4.31. The van der Waals surface area contributed by atoms with Gasteiger partial charge in [-0.05, 0) is 12.5 Å². The van der Waals surface area contributed by atoms with E-state index in [9.17, 15) is 19.2 Å². The number of carbonyl (C=O) groups is 4. The summed E-state index contributed by atoms with van der Waals surface area (Å²) in [5.74, 6) is -1.93. The van der Waals surface area contributed by atoms with E-state index in [4.69, 9.17) is 25.7 Å². The second-order valence-electron chi connectivity index (χ2n) is 7.71. The third-order valence-corrected chi connectivity index (χ3v) is 7.96. The van der Waals surface area contributed by atoms with E-state index in [1.54, 1.807) is 12.3 Å². The number of fused-ring (bicyclic) bond motifs is 1. The number of rotatable bonds is 8. The molecular weight excluding hydrogens is 505 g/mol. The number of nitrogens with zero attached hydrogens (tertiary/aromatic N) is 3. The predicted molar refractivity (Wildman–Crippen MR) is 128 cm³/mol. The minimum atomic E-state index is -1.22. The molecule has 1 aromatic rings. The summed E-state index contributed by atoms with van der Waals surface area (Å²) in [6.07, 6.45) is 0.822. The number of halogens is 1. The van der Waals surface area contributed by atoms with E-state index in [0.29, 0.717) is 29.2 Å². The van der Waals surface area contributed by atoms with Gasteiger partial charge in [0.1, 0.15) is 22.8 Å². The van der Waals surface area contributed by atoms with E-state index >= 15 is 0 Å². The van der Waals surface area contributed by atoms with Crippen LogP contribution in [0.4, 0.5) is 0 Å². The highest BCUT2D eigenvalue weighted by atomic mass is 35.5. The molecule has 34 heavy (non-hydrogen) atoms. The van der Waals surface area contributed by atoms with Gasteiger partial charge in [0.05, 0.1) is 5.01 Å². The number of β-lactam (4-membered cyclic amide) rings is 1. The van der Waals surface area contributed by atoms with Crippen molar-refractivity contribution in [2.75, 3.05) is 11.6 Å². The van der Waals surface area contributed by atoms with Crippen molar-refractivity contribution in [2.24, 2.45) is 5.16 Å². The molecule has 3 aliphatic rings. The summed E-state index contributed by atoms with van der Waals surface area (Å²) in [4.78, 5) is 61.3. The standard InChI is InChI=1S/C18H19B2ClN4O7S2/c1-7-22-9(6-33-7)10(24-32-18(2-3-18)17(29)31-20)13(26)23-11-14(27)25-12(16(28)30-19)8(4-21)5-34-15(11)25/h6,11,15H,2-5,19-20H2,1H3,(H,23,26)/b24-10-/t11-,15-/m1/s1. The molecule has 2 amide bonds. The molecule has 1 aromatic heterocycles. The molecule has 11 nitrogen and oxygen atoms in total. The number of aromatic nitrogens is 1. The lowest BCUT2D eigenvalue weighted by Crippen LogP contribution is -2.71. The Kier molecular flexibility index (Phi) is 6.97. The first kappa shape index (κ1) is 24.6. The van der Waals surface area contributed by atoms with Crippen LogP contribution in [0.25, 0.3) is 0 Å². The number of alkyl halides is 1. The molecule has 0 spiro atoms. The van der Waals surface area contributed by atoms with Gasteiger partial charge >= 0.3 is 28.0 Å². The summed E-state index contributed by atoms with van der Waals surface area (Å²) < 4.78 is 9.56. The molecule has 1 aliphatic carbocycles. The van der Waals surface area contributed by atoms with E-state index in [2.05, 4.69) is 15.5 Å². The quantitative estimate of drug-likeness (QED) is 0.146. The largest absolute Gasteiger partial charge is 0.540 e. The summed E-state index contributed by atoms with van der Waals surface area (Å²) in [6.45, 7) is 1.77. The number of nitrogens with one attached hydrogen (secondary N) is 1. The van der Waals surface area contributed by atoms with Crippen LogP contribution in [0.2, 0.25) is 0 Å². The normalized spacial score (nSPS) is 22.9. The Bertz CT molecular complexity index is 1120. The lowest BCUT2D eigenvalue weighted by molar-refractivity contribution is -0.150. The average molecular weight is 525 g/mol. The molecule has 1 saturated heterocycles. The van der Waals surface area contributed by atoms with Crippen molar-refractivity contribution in [3.05, 3.63) is 27.4 Å². The smallest absolute Gasteiger partial charge is 0.337 e. The van der Waals surface area contributed by atoms with Crippen molar-refractivity contribution in [2.45, 2.75) is 36.8 Å². The summed E-state index contributed by atoms with van der Waals surface area (Å²) in [7, 11) is 2.47. The van der Waals surface area contributed by atoms with Gasteiger partial charge in [-0.1, -0.05) is 5.16 Å². The first-order chi connectivity index (χ1) is 16.3. The van der Waals surface area contributed by atoms with Gasteiger partial charge < -0.3 is 19.5 Å². The van der Waals surface area contributed by atoms with Gasteiger partial charge in [-0.15, -0.1) is 34.7 Å². The third-order valence-electron chi connectivity index (χ3n) is 5.52. The fourth-order valence-electron chi connectivity index (χ4n) is 3.52. The molecule has 16 heteroatoms. The second kappa shape index (κ2) is 9.62. The second-order valence-corrected chi connectivity index (χ2v) is 10.1. The predicted octanol–water partition coefficient (Wildman–Crippen LogP) is -1.22. The molecule has 2 atom stereocenters. The number of amides is 2. The molecule has 2 fully saturated rings. The van der Waals surface area contributed by atoms with Crippen molar-refractivity contribution < 1.29 is 33.3 Å². The Morgan fingerprint density at radius 1 is 1.35 bits per heavy atom. The van der Waals surface area contributed by atoms with E-state index < -0.39 is 40.8 Å². The number of hydrogen-bond donors (Lipinski definition) is 1. The Morgan fingerprint density at radius 3 is 2.65 bits per heavy atom. The van der Waals surface area contributed by atoms with Crippen LogP contribution in [-0.2, 0) is 33.3 Å². The fourth-order valence-corrected chi connectivity index (χ4v) is 5.80. The zero-order chi connectivity index (χ0) is 24.6. The van der Waals surface area contributed by atoms with Crippen molar-refractivity contribution in [3.63, 3.8) is 0 Å². The van der Waals surface area contributed by atoms with Crippen LogP contribution < -0.4 is 5.32 Å². The first-order valence-corrected chi connectivity index (χ1v) is 12.6. The zero-order valence-electron chi connectivity index (χ0n) is 18.5. The van der Waals surface area contributed by atoms with E-state index in [-0.39, 0.29) is 23.0 Å². The van der Waals surface area contributed by atoms with Crippen LogP contribution in [0.1, 0.15) is 23.5 Å². The summed E-state index contributed by atoms with van der Waals surface area (Å²) in [6, 6.07) is -0.908. The van der Waals surface area contributed by atoms with Crippen molar-refractivity contribution >= 4 is 80.3 Å². The van der Waals surface area contributed by atoms with Gasteiger partial charge in [0, 0.05) is 29.9 Å². The minimum absolute atomic E-state index is 0.0736. The molecule has 0 radical (unpaired) electrons. The monoisotopic (exact) mass is 524 g/mol. The zero-order valence-corrected chi connectivity index (χ0v) is 20.8. The lowest BCUT2D eigenvalue weighted by atomic mass is 10.0. The van der Waals surface area contributed by atoms with Crippen molar-refractivity contribution in [1.82, 2.24) is 15.2 Å². The molecule has 0 bridgehead atoms. The van der Waals surface area contributed by atoms with Gasteiger partial charge in [-0.25, -0.2) is 14.6 Å². The van der Waals surface area contributed by atoms with Crippen LogP contribution in [0, 0.1) is 6.92 Å². The lowest BCUT2D eigenvalue weighted by Gasteiger charge is -2.49. The highest BCUT2D eigenvalue weighted by molar-refractivity contribution is 8.00. The number of oxime groups is 1. The van der Waals surface area contributed by atoms with Gasteiger partial charge in [0.15, 0.2) is 5.71 Å². The van der Waals surface area contributed by atoms with Crippen LogP contribution >= 0.6 is 34.7 Å². The topological polar surface area (TPSA) is 136 Å². The maximum Gasteiger partial charge on any atom is 0.337 e. The van der Waals surface area contributed by atoms with Gasteiger partial charge in [-0.2, -0.15) is 0 Å². The van der Waals surface area contributed by atoms with Crippen molar-refractivity contribution in [1.29, 1.82) is 0 Å². The maximum atomic E-state index is 13.2. The van der Waals surface area contributed by atoms with Crippen LogP contribution in [-0.4, -0.2) is 84.1 Å². The Balaban J connectivity index is 1.54. The van der Waals surface area contributed by atoms with Gasteiger partial charge in [0.25, 0.3) is 11.8 Å². The van der Waals surface area contributed by atoms with E-state index in [1.807, 2.05) is 0 Å². The van der Waals surface area contributed by atoms with E-state index in [0.717, 1.165) is 0 Å². The number of aryl methyl sites for hydroxylation is 1. The number of thiazole rings is 1. The molecule has 0 unspecified atom stereocenters. The molecule has 1 saturated carbocycles. The Morgan fingerprint density at radius 2 is 2.09 bits per heavy atom. The first-order valence-electron chi connectivity index (χ1n) is 10.1. The SMILES string of the molecule is BOC(=O)C1=C(CCl)CS[C@@H]2[C@H](NC(=O)/C(=N\OC3(C(=O)OB)CC3)c3csc(C)n3)C(=O)N12. The highest BCUT2D eigenvalue weighted by Gasteiger charge is 2.56. The van der Waals surface area contributed by atoms with Crippen LogP contribution in [0.3, 0.4) is 0 Å². The number of hydrogen-bond acceptors (Lipinski definition) is 11. The van der Waals surface area contributed by atoms with Gasteiger partial charge in [-0.3, -0.25) is 14.5 Å². The average Bonchev–Trinajstić information content (AvgIpc) is 3.52. The maximum absolute atomic E-state index is 13.2. The molecule has 3 heterocycles. The number of thioether (sulfide) groups is 1. The fraction of sp³-hybridized carbons (Fsp3) is 0.444. The molecule has 1 N–H and O–H groups in total. The summed E-state index contributed by atoms with van der Waals surface area (Å²) in [5, 5.41) is 8.42. The highest BCUT2D eigenvalue weighted by Crippen LogP contribution is 2.42. The van der Waals surface area contributed by atoms with Gasteiger partial charge in [0.2, 0.25) is 5.60 Å². The van der Waals surface area contributed by atoms with Crippen LogP contribution in [0.5, 0.6) is 0 Å². The molecule has 178 valence electrons. The molecule has 0 aromatic carbocycles. The number of carbonyl (C=O) groups excluding carboxylic acids is 4. The molecular formula is C18H19B2ClN4O7S2. The molecule has 4 rings (SSSR count). The minimum Gasteiger partial charge on any atom is -0.540 e. The Hall–Kier alpha value is -2.51.